The molecule has 13 heteroatoms. The highest BCUT2D eigenvalue weighted by Gasteiger charge is 2.22. The van der Waals surface area contributed by atoms with Crippen LogP contribution in [0.2, 0.25) is 5.02 Å². The van der Waals surface area contributed by atoms with Crippen molar-refractivity contribution in [3.63, 3.8) is 0 Å². The molecule has 1 fully saturated rings. The van der Waals surface area contributed by atoms with Crippen LogP contribution >= 0.6 is 22.9 Å². The molecule has 1 aromatic heterocycles. The first-order valence-electron chi connectivity index (χ1n) is 12.5. The van der Waals surface area contributed by atoms with Gasteiger partial charge in [0.05, 0.1) is 33.0 Å². The van der Waals surface area contributed by atoms with Gasteiger partial charge in [0.2, 0.25) is 0 Å². The van der Waals surface area contributed by atoms with Crippen LogP contribution in [0.3, 0.4) is 0 Å². The minimum Gasteiger partial charge on any atom is -0.493 e. The Bertz CT molecular complexity index is 1620. The predicted molar refractivity (Wildman–Crippen MR) is 156 cm³/mol. The van der Waals surface area contributed by atoms with E-state index in [1.807, 2.05) is 12.1 Å². The molecular weight excluding hydrogens is 577 g/mol. The Balaban J connectivity index is 1.14. The smallest absolute Gasteiger partial charge is 0.261 e. The average molecular weight is 604 g/mol. The number of piperazine rings is 1. The number of hydrogen-bond acceptors (Lipinski definition) is 8. The summed E-state index contributed by atoms with van der Waals surface area (Å²) in [4.78, 5) is 22.1. The normalized spacial score (nSPS) is 14.3. The lowest BCUT2D eigenvalue weighted by molar-refractivity contribution is 0.0948. The van der Waals surface area contributed by atoms with E-state index in [9.17, 15) is 17.6 Å². The molecule has 40 heavy (non-hydrogen) atoms. The molecule has 0 saturated carbocycles. The van der Waals surface area contributed by atoms with E-state index in [2.05, 4.69) is 19.8 Å². The number of thiazole rings is 1. The van der Waals surface area contributed by atoms with Crippen molar-refractivity contribution >= 4 is 59.9 Å². The minimum absolute atomic E-state index is 0.1000. The first kappa shape index (κ1) is 28.1. The molecule has 1 amide bonds. The van der Waals surface area contributed by atoms with Crippen molar-refractivity contribution in [2.24, 2.45) is 0 Å². The fraction of sp³-hybridized carbons (Fsp3) is 0.259. The Labute approximate surface area is 240 Å². The maximum Gasteiger partial charge on any atom is 0.261 e. The number of carbonyl (C=O) groups is 1. The number of hydrogen-bond donors (Lipinski definition) is 2. The van der Waals surface area contributed by atoms with Crippen molar-refractivity contribution in [2.75, 3.05) is 56.0 Å². The number of sulfonamides is 1. The molecule has 0 atom stereocenters. The monoisotopic (exact) mass is 603 g/mol. The van der Waals surface area contributed by atoms with Crippen molar-refractivity contribution < 1.29 is 22.3 Å². The molecule has 4 aromatic rings. The van der Waals surface area contributed by atoms with Gasteiger partial charge in [0.1, 0.15) is 11.3 Å². The molecule has 1 aliphatic heterocycles. The lowest BCUT2D eigenvalue weighted by Gasteiger charge is -2.34. The molecular formula is C27H27ClFN5O4S2. The zero-order valence-electron chi connectivity index (χ0n) is 21.6. The molecule has 0 unspecified atom stereocenters. The average Bonchev–Trinajstić information content (AvgIpc) is 3.38. The highest BCUT2D eigenvalue weighted by Crippen LogP contribution is 2.38. The van der Waals surface area contributed by atoms with Crippen LogP contribution in [0.1, 0.15) is 10.4 Å². The zero-order chi connectivity index (χ0) is 28.3. The van der Waals surface area contributed by atoms with Gasteiger partial charge in [-0.3, -0.25) is 14.4 Å². The summed E-state index contributed by atoms with van der Waals surface area (Å²) < 4.78 is 47.6. The molecule has 0 aliphatic carbocycles. The molecule has 0 spiro atoms. The van der Waals surface area contributed by atoms with Crippen LogP contribution < -0.4 is 19.7 Å². The number of aromatic nitrogens is 1. The van der Waals surface area contributed by atoms with Crippen LogP contribution in [0.25, 0.3) is 10.2 Å². The van der Waals surface area contributed by atoms with E-state index < -0.39 is 21.7 Å². The van der Waals surface area contributed by atoms with Gasteiger partial charge in [-0.25, -0.2) is 17.8 Å². The van der Waals surface area contributed by atoms with Crippen LogP contribution in [0.15, 0.2) is 65.6 Å². The summed E-state index contributed by atoms with van der Waals surface area (Å²) in [6, 6.07) is 14.6. The topological polar surface area (TPSA) is 104 Å². The van der Waals surface area contributed by atoms with Gasteiger partial charge in [0.25, 0.3) is 15.9 Å². The number of halogens is 2. The molecule has 2 N–H and O–H groups in total. The van der Waals surface area contributed by atoms with Crippen LogP contribution in [0.4, 0.5) is 15.2 Å². The summed E-state index contributed by atoms with van der Waals surface area (Å²) in [6.07, 6.45) is 0. The first-order valence-corrected chi connectivity index (χ1v) is 15.2. The SMILES string of the molecule is COc1c(Cl)ccc2sc(N3CCN(CCNC(=O)c4ccccc4NS(=O)(=O)c4ccc(F)cc4)CC3)nc12. The Hall–Kier alpha value is -3.45. The number of fused-ring (bicyclic) bond motifs is 1. The van der Waals surface area contributed by atoms with Gasteiger partial charge in [-0.15, -0.1) is 0 Å². The van der Waals surface area contributed by atoms with Crippen molar-refractivity contribution in [1.29, 1.82) is 0 Å². The van der Waals surface area contributed by atoms with Gasteiger partial charge in [-0.05, 0) is 48.5 Å². The Morgan fingerprint density at radius 1 is 1.07 bits per heavy atom. The quantitative estimate of drug-likeness (QED) is 0.291. The van der Waals surface area contributed by atoms with Crippen LogP contribution in [-0.2, 0) is 10.0 Å². The Morgan fingerprint density at radius 2 is 1.80 bits per heavy atom. The van der Waals surface area contributed by atoms with Gasteiger partial charge in [0, 0.05) is 39.3 Å². The Morgan fingerprint density at radius 3 is 2.52 bits per heavy atom. The number of nitrogens with zero attached hydrogens (tertiary/aromatic N) is 3. The van der Waals surface area contributed by atoms with Crippen molar-refractivity contribution in [3.05, 3.63) is 77.1 Å². The first-order chi connectivity index (χ1) is 19.2. The van der Waals surface area contributed by atoms with E-state index >= 15 is 0 Å². The summed E-state index contributed by atoms with van der Waals surface area (Å²) in [6.45, 7) is 4.23. The van der Waals surface area contributed by atoms with Crippen LogP contribution in [-0.4, -0.2) is 70.6 Å². The summed E-state index contributed by atoms with van der Waals surface area (Å²) in [5, 5.41) is 4.34. The fourth-order valence-corrected chi connectivity index (χ4v) is 6.76. The van der Waals surface area contributed by atoms with Crippen LogP contribution in [0.5, 0.6) is 5.75 Å². The van der Waals surface area contributed by atoms with Gasteiger partial charge < -0.3 is 15.0 Å². The number of carbonyl (C=O) groups excluding carboxylic acids is 1. The lowest BCUT2D eigenvalue weighted by Crippen LogP contribution is -2.48. The number of rotatable bonds is 9. The second-order valence-electron chi connectivity index (χ2n) is 9.11. The van der Waals surface area contributed by atoms with Gasteiger partial charge in [0.15, 0.2) is 10.9 Å². The van der Waals surface area contributed by atoms with Crippen molar-refractivity contribution in [1.82, 2.24) is 15.2 Å². The number of methoxy groups -OCH3 is 1. The summed E-state index contributed by atoms with van der Waals surface area (Å²) >= 11 is 7.84. The van der Waals surface area contributed by atoms with E-state index in [1.54, 1.807) is 36.6 Å². The van der Waals surface area contributed by atoms with E-state index in [1.165, 1.54) is 18.2 Å². The van der Waals surface area contributed by atoms with E-state index in [0.29, 0.717) is 23.9 Å². The van der Waals surface area contributed by atoms with Crippen molar-refractivity contribution in [3.8, 4) is 5.75 Å². The maximum absolute atomic E-state index is 13.2. The number of amides is 1. The fourth-order valence-electron chi connectivity index (χ4n) is 4.44. The number of nitrogens with one attached hydrogen (secondary N) is 2. The second kappa shape index (κ2) is 12.0. The zero-order valence-corrected chi connectivity index (χ0v) is 24.0. The standard InChI is InChI=1S/C27H27ClFN5O4S2/c1-38-25-21(28)10-11-23-24(25)31-27(39-23)34-16-14-33(15-17-34)13-12-30-26(35)20-4-2-3-5-22(20)32-40(36,37)19-8-6-18(29)7-9-19/h2-11,32H,12-17H2,1H3,(H,30,35). The molecule has 1 saturated heterocycles. The van der Waals surface area contributed by atoms with Crippen LogP contribution in [0, 0.1) is 5.82 Å². The van der Waals surface area contributed by atoms with Gasteiger partial charge >= 0.3 is 0 Å². The molecule has 1 aliphatic rings. The van der Waals surface area contributed by atoms with E-state index in [-0.39, 0.29) is 16.1 Å². The summed E-state index contributed by atoms with van der Waals surface area (Å²) in [5.74, 6) is -0.345. The molecule has 0 radical (unpaired) electrons. The number of ether oxygens (including phenoxy) is 1. The third kappa shape index (κ3) is 6.15. The van der Waals surface area contributed by atoms with E-state index in [0.717, 1.165) is 53.7 Å². The molecule has 0 bridgehead atoms. The number of para-hydroxylation sites is 1. The largest absolute Gasteiger partial charge is 0.493 e. The van der Waals surface area contributed by atoms with Gasteiger partial charge in [-0.1, -0.05) is 35.1 Å². The minimum atomic E-state index is -3.99. The predicted octanol–water partition coefficient (Wildman–Crippen LogP) is 4.45. The Kier molecular flexibility index (Phi) is 8.40. The third-order valence-electron chi connectivity index (χ3n) is 6.56. The highest BCUT2D eigenvalue weighted by molar-refractivity contribution is 7.92. The lowest BCUT2D eigenvalue weighted by atomic mass is 10.1. The number of benzene rings is 3. The third-order valence-corrected chi connectivity index (χ3v) is 9.32. The molecule has 2 heterocycles. The molecule has 210 valence electrons. The van der Waals surface area contributed by atoms with Crippen molar-refractivity contribution in [2.45, 2.75) is 4.90 Å². The summed E-state index contributed by atoms with van der Waals surface area (Å²) in [7, 11) is -2.41. The molecule has 5 rings (SSSR count). The second-order valence-corrected chi connectivity index (χ2v) is 12.2. The highest BCUT2D eigenvalue weighted by atomic mass is 35.5. The summed E-state index contributed by atoms with van der Waals surface area (Å²) in [5.41, 5.74) is 1.11. The molecule has 3 aromatic carbocycles. The number of anilines is 2. The molecule has 9 nitrogen and oxygen atoms in total. The van der Waals surface area contributed by atoms with Gasteiger partial charge in [-0.2, -0.15) is 0 Å². The maximum atomic E-state index is 13.2. The van der Waals surface area contributed by atoms with E-state index in [4.69, 9.17) is 21.3 Å².